The summed E-state index contributed by atoms with van der Waals surface area (Å²) in [7, 11) is 1.64. The number of nitrogens with zero attached hydrogens (tertiary/aromatic N) is 1. The minimum absolute atomic E-state index is 0.0190. The molecule has 1 aromatic rings. The summed E-state index contributed by atoms with van der Waals surface area (Å²) in [6.45, 7) is 5.74. The van der Waals surface area contributed by atoms with Gasteiger partial charge in [0.15, 0.2) is 0 Å². The average molecular weight is 306 g/mol. The number of carbonyl (C=O) groups excluding carboxylic acids is 1. The SMILES string of the molecule is CC[C@H](C)[C@H](N)C(=O)N1CCO[C@H](c2cccc(OC)c2)C1. The maximum Gasteiger partial charge on any atom is 0.239 e. The summed E-state index contributed by atoms with van der Waals surface area (Å²) < 4.78 is 11.1. The molecule has 1 fully saturated rings. The predicted octanol–water partition coefficient (Wildman–Crippen LogP) is 1.97. The third-order valence-electron chi connectivity index (χ3n) is 4.39. The van der Waals surface area contributed by atoms with Crippen molar-refractivity contribution in [2.75, 3.05) is 26.8 Å². The number of methoxy groups -OCH3 is 1. The van der Waals surface area contributed by atoms with Gasteiger partial charge in [0.2, 0.25) is 5.91 Å². The number of amides is 1. The molecular formula is C17H26N2O3. The molecule has 1 aliphatic rings. The highest BCUT2D eigenvalue weighted by Gasteiger charge is 2.30. The first-order chi connectivity index (χ1) is 10.6. The number of hydrogen-bond acceptors (Lipinski definition) is 4. The lowest BCUT2D eigenvalue weighted by Gasteiger charge is -2.35. The van der Waals surface area contributed by atoms with E-state index >= 15 is 0 Å². The van der Waals surface area contributed by atoms with E-state index in [0.717, 1.165) is 17.7 Å². The van der Waals surface area contributed by atoms with Crippen LogP contribution in [-0.4, -0.2) is 43.7 Å². The Hall–Kier alpha value is -1.59. The van der Waals surface area contributed by atoms with E-state index in [2.05, 4.69) is 6.92 Å². The lowest BCUT2D eigenvalue weighted by Crippen LogP contribution is -2.51. The van der Waals surface area contributed by atoms with Gasteiger partial charge in [-0.25, -0.2) is 0 Å². The summed E-state index contributed by atoms with van der Waals surface area (Å²) in [5, 5.41) is 0. The maximum atomic E-state index is 12.5. The summed E-state index contributed by atoms with van der Waals surface area (Å²) in [6.07, 6.45) is 0.772. The summed E-state index contributed by atoms with van der Waals surface area (Å²) in [5.74, 6) is 0.997. The minimum Gasteiger partial charge on any atom is -0.497 e. The first kappa shape index (κ1) is 16.8. The molecular weight excluding hydrogens is 280 g/mol. The molecule has 0 radical (unpaired) electrons. The number of morpholine rings is 1. The fourth-order valence-electron chi connectivity index (χ4n) is 2.60. The van der Waals surface area contributed by atoms with Crippen molar-refractivity contribution in [1.29, 1.82) is 0 Å². The van der Waals surface area contributed by atoms with Crippen LogP contribution >= 0.6 is 0 Å². The Morgan fingerprint density at radius 3 is 3.00 bits per heavy atom. The molecule has 0 aliphatic carbocycles. The van der Waals surface area contributed by atoms with E-state index in [1.807, 2.05) is 36.1 Å². The second-order valence-electron chi connectivity index (χ2n) is 5.83. The van der Waals surface area contributed by atoms with Crippen LogP contribution in [0, 0.1) is 5.92 Å². The van der Waals surface area contributed by atoms with Crippen LogP contribution in [0.1, 0.15) is 31.9 Å². The van der Waals surface area contributed by atoms with Gasteiger partial charge in [-0.05, 0) is 23.6 Å². The summed E-state index contributed by atoms with van der Waals surface area (Å²) in [5.41, 5.74) is 7.10. The molecule has 1 aliphatic heterocycles. The fourth-order valence-corrected chi connectivity index (χ4v) is 2.60. The van der Waals surface area contributed by atoms with Gasteiger partial charge in [0.25, 0.3) is 0 Å². The van der Waals surface area contributed by atoms with Gasteiger partial charge in [-0.2, -0.15) is 0 Å². The third-order valence-corrected chi connectivity index (χ3v) is 4.39. The van der Waals surface area contributed by atoms with Crippen molar-refractivity contribution in [2.24, 2.45) is 11.7 Å². The highest BCUT2D eigenvalue weighted by atomic mass is 16.5. The second-order valence-corrected chi connectivity index (χ2v) is 5.83. The number of hydrogen-bond donors (Lipinski definition) is 1. The van der Waals surface area contributed by atoms with E-state index in [9.17, 15) is 4.79 Å². The van der Waals surface area contributed by atoms with Crippen LogP contribution < -0.4 is 10.5 Å². The highest BCUT2D eigenvalue weighted by Crippen LogP contribution is 2.26. The van der Waals surface area contributed by atoms with E-state index < -0.39 is 6.04 Å². The maximum absolute atomic E-state index is 12.5. The van der Waals surface area contributed by atoms with Gasteiger partial charge >= 0.3 is 0 Å². The van der Waals surface area contributed by atoms with Crippen LogP contribution in [0.15, 0.2) is 24.3 Å². The van der Waals surface area contributed by atoms with Crippen LogP contribution in [0.5, 0.6) is 5.75 Å². The molecule has 1 amide bonds. The second kappa shape index (κ2) is 7.61. The monoisotopic (exact) mass is 306 g/mol. The zero-order valence-electron chi connectivity index (χ0n) is 13.6. The van der Waals surface area contributed by atoms with E-state index in [0.29, 0.717) is 19.7 Å². The summed E-state index contributed by atoms with van der Waals surface area (Å²) in [6, 6.07) is 7.34. The van der Waals surface area contributed by atoms with Crippen molar-refractivity contribution >= 4 is 5.91 Å². The molecule has 1 heterocycles. The molecule has 0 saturated carbocycles. The van der Waals surface area contributed by atoms with Gasteiger partial charge in [-0.15, -0.1) is 0 Å². The van der Waals surface area contributed by atoms with Crippen LogP contribution in [0.4, 0.5) is 0 Å². The van der Waals surface area contributed by atoms with Crippen LogP contribution in [0.2, 0.25) is 0 Å². The molecule has 0 aromatic heterocycles. The Morgan fingerprint density at radius 1 is 1.55 bits per heavy atom. The Morgan fingerprint density at radius 2 is 2.32 bits per heavy atom. The lowest BCUT2D eigenvalue weighted by atomic mass is 9.98. The van der Waals surface area contributed by atoms with E-state index in [-0.39, 0.29) is 17.9 Å². The van der Waals surface area contributed by atoms with Crippen molar-refractivity contribution in [3.8, 4) is 5.75 Å². The first-order valence-electron chi connectivity index (χ1n) is 7.86. The van der Waals surface area contributed by atoms with Crippen LogP contribution in [0.3, 0.4) is 0 Å². The minimum atomic E-state index is -0.436. The van der Waals surface area contributed by atoms with Crippen molar-refractivity contribution < 1.29 is 14.3 Å². The zero-order chi connectivity index (χ0) is 16.1. The standard InChI is InChI=1S/C17H26N2O3/c1-4-12(2)16(18)17(20)19-8-9-22-15(11-19)13-6-5-7-14(10-13)21-3/h5-7,10,12,15-16H,4,8-9,11,18H2,1-3H3/t12-,15-,16-/m0/s1. The predicted molar refractivity (Wildman–Crippen MR) is 85.7 cm³/mol. The van der Waals surface area contributed by atoms with Crippen molar-refractivity contribution in [1.82, 2.24) is 4.90 Å². The molecule has 1 saturated heterocycles. The van der Waals surface area contributed by atoms with Crippen molar-refractivity contribution in [2.45, 2.75) is 32.4 Å². The van der Waals surface area contributed by atoms with Gasteiger partial charge in [0, 0.05) is 6.54 Å². The molecule has 122 valence electrons. The Balaban J connectivity index is 2.06. The molecule has 2 rings (SSSR count). The molecule has 5 nitrogen and oxygen atoms in total. The number of carbonyl (C=O) groups is 1. The largest absolute Gasteiger partial charge is 0.497 e. The molecule has 0 spiro atoms. The van der Waals surface area contributed by atoms with E-state index in [1.54, 1.807) is 7.11 Å². The van der Waals surface area contributed by atoms with Gasteiger partial charge in [-0.1, -0.05) is 32.4 Å². The number of rotatable bonds is 5. The number of benzene rings is 1. The molecule has 0 bridgehead atoms. The molecule has 22 heavy (non-hydrogen) atoms. The Labute approximate surface area is 132 Å². The Kier molecular flexibility index (Phi) is 5.80. The molecule has 1 aromatic carbocycles. The summed E-state index contributed by atoms with van der Waals surface area (Å²) in [4.78, 5) is 14.3. The third kappa shape index (κ3) is 3.78. The topological polar surface area (TPSA) is 64.8 Å². The molecule has 2 N–H and O–H groups in total. The van der Waals surface area contributed by atoms with E-state index in [1.165, 1.54) is 0 Å². The van der Waals surface area contributed by atoms with Gasteiger partial charge in [0.05, 0.1) is 26.3 Å². The van der Waals surface area contributed by atoms with Crippen LogP contribution in [-0.2, 0) is 9.53 Å². The average Bonchev–Trinajstić information content (AvgIpc) is 2.59. The van der Waals surface area contributed by atoms with E-state index in [4.69, 9.17) is 15.2 Å². The molecule has 5 heteroatoms. The number of ether oxygens (including phenoxy) is 2. The van der Waals surface area contributed by atoms with Gasteiger partial charge < -0.3 is 20.1 Å². The van der Waals surface area contributed by atoms with Crippen molar-refractivity contribution in [3.63, 3.8) is 0 Å². The van der Waals surface area contributed by atoms with Gasteiger partial charge in [-0.3, -0.25) is 4.79 Å². The van der Waals surface area contributed by atoms with Gasteiger partial charge in [0.1, 0.15) is 11.9 Å². The number of nitrogens with two attached hydrogens (primary N) is 1. The fraction of sp³-hybridized carbons (Fsp3) is 0.588. The lowest BCUT2D eigenvalue weighted by molar-refractivity contribution is -0.141. The van der Waals surface area contributed by atoms with Crippen LogP contribution in [0.25, 0.3) is 0 Å². The Bertz CT molecular complexity index is 506. The smallest absolute Gasteiger partial charge is 0.239 e. The molecule has 0 unspecified atom stereocenters. The summed E-state index contributed by atoms with van der Waals surface area (Å²) >= 11 is 0. The highest BCUT2D eigenvalue weighted by molar-refractivity contribution is 5.82. The zero-order valence-corrected chi connectivity index (χ0v) is 13.6. The normalized spacial score (nSPS) is 21.3. The quantitative estimate of drug-likeness (QED) is 0.903. The molecule has 3 atom stereocenters. The first-order valence-corrected chi connectivity index (χ1v) is 7.86. The van der Waals surface area contributed by atoms with Crippen molar-refractivity contribution in [3.05, 3.63) is 29.8 Å².